The number of hydrogen-bond acceptors (Lipinski definition) is 4. The van der Waals surface area contributed by atoms with Gasteiger partial charge in [0, 0.05) is 5.39 Å². The predicted molar refractivity (Wildman–Crippen MR) is 47.0 cm³/mol. The van der Waals surface area contributed by atoms with Crippen molar-refractivity contribution in [1.29, 1.82) is 0 Å². The number of carbonyl (C=O) groups is 1. The van der Waals surface area contributed by atoms with Gasteiger partial charge in [-0.15, -0.1) is 0 Å². The summed E-state index contributed by atoms with van der Waals surface area (Å²) in [5.41, 5.74) is 0.295. The third-order valence-electron chi connectivity index (χ3n) is 1.87. The minimum absolute atomic E-state index is 0.0112. The van der Waals surface area contributed by atoms with Crippen LogP contribution < -0.4 is 0 Å². The maximum absolute atomic E-state index is 10.4. The molecule has 0 unspecified atom stereocenters. The molecular formula is C9H7NO4. The monoisotopic (exact) mass is 193 g/mol. The van der Waals surface area contributed by atoms with E-state index in [2.05, 4.69) is 5.16 Å². The average Bonchev–Trinajstić information content (AvgIpc) is 2.49. The van der Waals surface area contributed by atoms with E-state index in [-0.39, 0.29) is 17.9 Å². The Morgan fingerprint density at radius 2 is 2.29 bits per heavy atom. The molecule has 0 aliphatic carbocycles. The smallest absolute Gasteiger partial charge is 0.311 e. The van der Waals surface area contributed by atoms with Gasteiger partial charge in [0.2, 0.25) is 0 Å². The van der Waals surface area contributed by atoms with Gasteiger partial charge in [-0.25, -0.2) is 0 Å². The normalized spacial score (nSPS) is 10.6. The van der Waals surface area contributed by atoms with E-state index in [4.69, 9.17) is 9.63 Å². The highest BCUT2D eigenvalue weighted by molar-refractivity contribution is 5.88. The first-order valence-corrected chi connectivity index (χ1v) is 3.96. The third-order valence-corrected chi connectivity index (χ3v) is 1.87. The molecule has 5 nitrogen and oxygen atoms in total. The number of aromatic hydroxyl groups is 1. The van der Waals surface area contributed by atoms with Crippen LogP contribution >= 0.6 is 0 Å². The van der Waals surface area contributed by atoms with Crippen molar-refractivity contribution >= 4 is 16.9 Å². The van der Waals surface area contributed by atoms with Crippen molar-refractivity contribution in [2.24, 2.45) is 0 Å². The van der Waals surface area contributed by atoms with E-state index in [9.17, 15) is 9.90 Å². The summed E-state index contributed by atoms with van der Waals surface area (Å²) < 4.78 is 4.82. The molecule has 0 aliphatic heterocycles. The summed E-state index contributed by atoms with van der Waals surface area (Å²) in [7, 11) is 0. The molecule has 0 aliphatic rings. The van der Waals surface area contributed by atoms with Gasteiger partial charge in [-0.05, 0) is 12.1 Å². The lowest BCUT2D eigenvalue weighted by Gasteiger charge is -1.91. The molecule has 72 valence electrons. The summed E-state index contributed by atoms with van der Waals surface area (Å²) in [4.78, 5) is 10.4. The molecule has 14 heavy (non-hydrogen) atoms. The number of phenols is 1. The number of aromatic nitrogens is 1. The molecule has 2 rings (SSSR count). The molecule has 0 saturated heterocycles. The van der Waals surface area contributed by atoms with Gasteiger partial charge in [-0.2, -0.15) is 0 Å². The molecule has 0 fully saturated rings. The Morgan fingerprint density at radius 1 is 1.50 bits per heavy atom. The van der Waals surface area contributed by atoms with E-state index in [1.807, 2.05) is 0 Å². The largest absolute Gasteiger partial charge is 0.506 e. The van der Waals surface area contributed by atoms with Gasteiger partial charge in [0.25, 0.3) is 0 Å². The van der Waals surface area contributed by atoms with E-state index < -0.39 is 5.97 Å². The van der Waals surface area contributed by atoms with E-state index in [1.165, 1.54) is 6.07 Å². The minimum Gasteiger partial charge on any atom is -0.506 e. The zero-order chi connectivity index (χ0) is 10.1. The van der Waals surface area contributed by atoms with Gasteiger partial charge in [0.05, 0.1) is 0 Å². The van der Waals surface area contributed by atoms with E-state index in [0.717, 1.165) is 0 Å². The quantitative estimate of drug-likeness (QED) is 0.747. The van der Waals surface area contributed by atoms with Crippen LogP contribution in [-0.2, 0) is 11.2 Å². The molecule has 0 atom stereocenters. The first kappa shape index (κ1) is 8.55. The highest BCUT2D eigenvalue weighted by Gasteiger charge is 2.13. The fourth-order valence-electron chi connectivity index (χ4n) is 1.27. The molecule has 0 bridgehead atoms. The fourth-order valence-corrected chi connectivity index (χ4v) is 1.27. The number of aliphatic carboxylic acids is 1. The maximum Gasteiger partial charge on any atom is 0.311 e. The van der Waals surface area contributed by atoms with Crippen LogP contribution in [0.4, 0.5) is 0 Å². The lowest BCUT2D eigenvalue weighted by Crippen LogP contribution is -1.98. The molecule has 0 spiro atoms. The number of nitrogens with zero attached hydrogens (tertiary/aromatic N) is 1. The first-order valence-electron chi connectivity index (χ1n) is 3.96. The summed E-state index contributed by atoms with van der Waals surface area (Å²) >= 11 is 0. The molecule has 0 amide bonds. The second kappa shape index (κ2) is 3.02. The third kappa shape index (κ3) is 1.28. The lowest BCUT2D eigenvalue weighted by atomic mass is 10.2. The Hall–Kier alpha value is -2.04. The Morgan fingerprint density at radius 3 is 3.00 bits per heavy atom. The molecular weight excluding hydrogens is 186 g/mol. The van der Waals surface area contributed by atoms with Crippen molar-refractivity contribution in [3.63, 3.8) is 0 Å². The lowest BCUT2D eigenvalue weighted by molar-refractivity contribution is -0.136. The Labute approximate surface area is 78.6 Å². The van der Waals surface area contributed by atoms with Gasteiger partial charge >= 0.3 is 5.97 Å². The van der Waals surface area contributed by atoms with Crippen LogP contribution in [-0.4, -0.2) is 21.3 Å². The fraction of sp³-hybridized carbons (Fsp3) is 0.111. The zero-order valence-electron chi connectivity index (χ0n) is 7.10. The van der Waals surface area contributed by atoms with E-state index in [1.54, 1.807) is 12.1 Å². The van der Waals surface area contributed by atoms with Crippen molar-refractivity contribution in [2.45, 2.75) is 6.42 Å². The highest BCUT2D eigenvalue weighted by Crippen LogP contribution is 2.26. The van der Waals surface area contributed by atoms with Crippen LogP contribution in [0.1, 0.15) is 5.76 Å². The number of carboxylic acid groups (broad SMARTS) is 1. The predicted octanol–water partition coefficient (Wildman–Crippen LogP) is 1.16. The molecule has 2 N–H and O–H groups in total. The Kier molecular flexibility index (Phi) is 1.85. The number of fused-ring (bicyclic) bond motifs is 1. The van der Waals surface area contributed by atoms with E-state index >= 15 is 0 Å². The van der Waals surface area contributed by atoms with Crippen molar-refractivity contribution in [3.05, 3.63) is 24.0 Å². The van der Waals surface area contributed by atoms with Crippen LogP contribution in [0.15, 0.2) is 22.7 Å². The highest BCUT2D eigenvalue weighted by atomic mass is 16.5. The van der Waals surface area contributed by atoms with Gasteiger partial charge in [-0.1, -0.05) is 11.2 Å². The number of phenolic OH excluding ortho intramolecular Hbond substituents is 1. The van der Waals surface area contributed by atoms with Gasteiger partial charge in [0.1, 0.15) is 12.2 Å². The second-order valence-electron chi connectivity index (χ2n) is 2.85. The molecule has 1 aromatic heterocycles. The van der Waals surface area contributed by atoms with Crippen LogP contribution in [0.3, 0.4) is 0 Å². The van der Waals surface area contributed by atoms with Gasteiger partial charge in [-0.3, -0.25) is 4.79 Å². The van der Waals surface area contributed by atoms with Crippen LogP contribution in [0.2, 0.25) is 0 Å². The Bertz CT molecular complexity index is 489. The number of carboxylic acids is 1. The summed E-state index contributed by atoms with van der Waals surface area (Å²) in [6.07, 6.45) is -0.236. The van der Waals surface area contributed by atoms with Gasteiger partial charge < -0.3 is 14.7 Å². The average molecular weight is 193 g/mol. The first-order chi connectivity index (χ1) is 6.68. The molecule has 2 aromatic rings. The number of benzene rings is 1. The zero-order valence-corrected chi connectivity index (χ0v) is 7.10. The topological polar surface area (TPSA) is 83.6 Å². The minimum atomic E-state index is -0.994. The van der Waals surface area contributed by atoms with Crippen molar-refractivity contribution in [1.82, 2.24) is 5.16 Å². The standard InChI is InChI=1S/C9H7NO4/c11-6-3-1-2-5-7(4-8(12)13)14-10-9(5)6/h1-3,11H,4H2,(H,12,13). The second-order valence-corrected chi connectivity index (χ2v) is 2.85. The molecule has 5 heteroatoms. The molecule has 1 heterocycles. The van der Waals surface area contributed by atoms with Crippen molar-refractivity contribution in [2.75, 3.05) is 0 Å². The SMILES string of the molecule is O=C(O)Cc1onc2c(O)cccc12. The summed E-state index contributed by atoms with van der Waals surface area (Å²) in [5.74, 6) is -0.752. The Balaban J connectivity index is 2.58. The van der Waals surface area contributed by atoms with Crippen molar-refractivity contribution in [3.8, 4) is 5.75 Å². The van der Waals surface area contributed by atoms with Gasteiger partial charge in [0.15, 0.2) is 11.3 Å². The van der Waals surface area contributed by atoms with Crippen LogP contribution in [0.5, 0.6) is 5.75 Å². The molecule has 0 radical (unpaired) electrons. The van der Waals surface area contributed by atoms with Crippen LogP contribution in [0, 0.1) is 0 Å². The summed E-state index contributed by atoms with van der Waals surface area (Å²) in [5, 5.41) is 22.0. The van der Waals surface area contributed by atoms with Crippen molar-refractivity contribution < 1.29 is 19.5 Å². The number of hydrogen-bond donors (Lipinski definition) is 2. The summed E-state index contributed by atoms with van der Waals surface area (Å²) in [6, 6.07) is 4.74. The maximum atomic E-state index is 10.4. The van der Waals surface area contributed by atoms with E-state index in [0.29, 0.717) is 10.9 Å². The molecule has 0 saturated carbocycles. The molecule has 1 aromatic carbocycles. The number of rotatable bonds is 2. The summed E-state index contributed by atoms with van der Waals surface area (Å²) in [6.45, 7) is 0. The van der Waals surface area contributed by atoms with Crippen LogP contribution in [0.25, 0.3) is 10.9 Å².